The lowest BCUT2D eigenvalue weighted by atomic mass is 9.90. The molecule has 4 rings (SSSR count). The lowest BCUT2D eigenvalue weighted by Gasteiger charge is -2.43. The van der Waals surface area contributed by atoms with E-state index in [1.165, 1.54) is 0 Å². The summed E-state index contributed by atoms with van der Waals surface area (Å²) in [5.74, 6) is -1.35. The lowest BCUT2D eigenvalue weighted by molar-refractivity contribution is -0.165. The minimum atomic E-state index is -0.829. The number of hydrogen-bond acceptors (Lipinski definition) is 6. The summed E-state index contributed by atoms with van der Waals surface area (Å²) in [6, 6.07) is 6.55. The maximum absolute atomic E-state index is 13.7. The molecule has 0 aliphatic carbocycles. The monoisotopic (exact) mass is 469 g/mol. The van der Waals surface area contributed by atoms with E-state index in [1.807, 2.05) is 18.2 Å². The van der Waals surface area contributed by atoms with Gasteiger partial charge in [0.05, 0.1) is 6.42 Å². The summed E-state index contributed by atoms with van der Waals surface area (Å²) in [6.07, 6.45) is 6.24. The minimum Gasteiger partial charge on any atom is -0.433 e. The Balaban J connectivity index is 1.51. The molecule has 9 nitrogen and oxygen atoms in total. The highest BCUT2D eigenvalue weighted by atomic mass is 16.7. The van der Waals surface area contributed by atoms with E-state index in [2.05, 4.69) is 10.6 Å². The Labute approximate surface area is 198 Å². The molecule has 2 saturated heterocycles. The Morgan fingerprint density at radius 1 is 1.09 bits per heavy atom. The largest absolute Gasteiger partial charge is 0.433 e. The lowest BCUT2D eigenvalue weighted by Crippen LogP contribution is -2.62. The van der Waals surface area contributed by atoms with Gasteiger partial charge in [-0.2, -0.15) is 0 Å². The summed E-state index contributed by atoms with van der Waals surface area (Å²) >= 11 is 0. The molecule has 2 unspecified atom stereocenters. The summed E-state index contributed by atoms with van der Waals surface area (Å²) in [5.41, 5.74) is 0.471. The molecule has 34 heavy (non-hydrogen) atoms. The number of cyclic esters (lactones) is 1. The van der Waals surface area contributed by atoms with Gasteiger partial charge in [0.2, 0.25) is 18.1 Å². The van der Waals surface area contributed by atoms with E-state index in [1.54, 1.807) is 36.1 Å². The van der Waals surface area contributed by atoms with Gasteiger partial charge in [-0.15, -0.1) is 0 Å². The van der Waals surface area contributed by atoms with Gasteiger partial charge >= 0.3 is 5.97 Å². The van der Waals surface area contributed by atoms with Gasteiger partial charge in [0.15, 0.2) is 0 Å². The van der Waals surface area contributed by atoms with Gasteiger partial charge in [-0.3, -0.25) is 19.2 Å². The molecule has 0 spiro atoms. The SMILES string of the molecule is CCOC1OC(=O)CC1NC(=O)[C@@H]1CCC[C@H]2CC=CC[C@H](NC(=O)c3ccccc3)C(=O)N21. The standard InChI is InChI=1S/C25H31N3O6/c1-2-33-25-19(15-21(29)34-25)27-23(31)20-14-8-12-17-11-6-7-13-18(24(32)28(17)20)26-22(30)16-9-4-3-5-10-16/h3-7,9-10,17-20,25H,2,8,11-15H2,1H3,(H,26,30)(H,27,31)/t17-,18+,19?,20+,25?/m1/s1. The van der Waals surface area contributed by atoms with E-state index in [-0.39, 0.29) is 30.2 Å². The summed E-state index contributed by atoms with van der Waals surface area (Å²) < 4.78 is 10.6. The Kier molecular flexibility index (Phi) is 7.62. The third kappa shape index (κ3) is 5.30. The molecule has 3 aliphatic rings. The number of nitrogens with one attached hydrogen (secondary N) is 2. The van der Waals surface area contributed by atoms with E-state index in [4.69, 9.17) is 9.47 Å². The van der Waals surface area contributed by atoms with Crippen LogP contribution in [0.15, 0.2) is 42.5 Å². The Bertz CT molecular complexity index is 949. The molecular weight excluding hydrogens is 438 g/mol. The number of ether oxygens (including phenoxy) is 2. The van der Waals surface area contributed by atoms with Crippen LogP contribution >= 0.6 is 0 Å². The van der Waals surface area contributed by atoms with Crippen LogP contribution in [0.2, 0.25) is 0 Å². The molecule has 1 aromatic rings. The van der Waals surface area contributed by atoms with Gasteiger partial charge in [0.25, 0.3) is 5.91 Å². The molecule has 9 heteroatoms. The van der Waals surface area contributed by atoms with Crippen LogP contribution in [0.4, 0.5) is 0 Å². The van der Waals surface area contributed by atoms with Gasteiger partial charge in [-0.1, -0.05) is 30.4 Å². The second kappa shape index (κ2) is 10.8. The zero-order chi connectivity index (χ0) is 24.1. The van der Waals surface area contributed by atoms with Crippen molar-refractivity contribution < 1.29 is 28.7 Å². The van der Waals surface area contributed by atoms with Crippen molar-refractivity contribution in [2.24, 2.45) is 0 Å². The molecule has 182 valence electrons. The summed E-state index contributed by atoms with van der Waals surface area (Å²) in [7, 11) is 0. The fourth-order valence-corrected chi connectivity index (χ4v) is 4.87. The zero-order valence-electron chi connectivity index (χ0n) is 19.3. The van der Waals surface area contributed by atoms with Crippen LogP contribution in [0.25, 0.3) is 0 Å². The smallest absolute Gasteiger partial charge is 0.310 e. The Morgan fingerprint density at radius 2 is 1.85 bits per heavy atom. The van der Waals surface area contributed by atoms with Crippen molar-refractivity contribution in [3.05, 3.63) is 48.0 Å². The van der Waals surface area contributed by atoms with E-state index < -0.39 is 30.4 Å². The maximum Gasteiger partial charge on any atom is 0.310 e. The average Bonchev–Trinajstić information content (AvgIpc) is 3.18. The highest BCUT2D eigenvalue weighted by Gasteiger charge is 2.43. The number of nitrogens with zero attached hydrogens (tertiary/aromatic N) is 1. The third-order valence-corrected chi connectivity index (χ3v) is 6.51. The number of rotatable bonds is 6. The number of carbonyl (C=O) groups is 4. The van der Waals surface area contributed by atoms with Crippen LogP contribution in [0.3, 0.4) is 0 Å². The van der Waals surface area contributed by atoms with Crippen molar-refractivity contribution in [1.29, 1.82) is 0 Å². The first kappa shape index (κ1) is 23.9. The van der Waals surface area contributed by atoms with Crippen molar-refractivity contribution in [3.8, 4) is 0 Å². The molecule has 5 atom stereocenters. The van der Waals surface area contributed by atoms with Crippen molar-refractivity contribution in [2.45, 2.75) is 75.9 Å². The normalized spacial score (nSPS) is 29.0. The zero-order valence-corrected chi connectivity index (χ0v) is 19.3. The topological polar surface area (TPSA) is 114 Å². The first-order valence-electron chi connectivity index (χ1n) is 11.9. The van der Waals surface area contributed by atoms with Crippen LogP contribution in [0.1, 0.15) is 55.8 Å². The number of benzene rings is 1. The summed E-state index contributed by atoms with van der Waals surface area (Å²) in [4.78, 5) is 53.1. The first-order chi connectivity index (χ1) is 16.5. The predicted octanol–water partition coefficient (Wildman–Crippen LogP) is 1.68. The predicted molar refractivity (Wildman–Crippen MR) is 122 cm³/mol. The van der Waals surface area contributed by atoms with Crippen LogP contribution in [-0.2, 0) is 23.9 Å². The van der Waals surface area contributed by atoms with Crippen LogP contribution in [0.5, 0.6) is 0 Å². The molecule has 3 aliphatic heterocycles. The minimum absolute atomic E-state index is 0.0268. The maximum atomic E-state index is 13.7. The number of piperidine rings is 1. The van der Waals surface area contributed by atoms with Gasteiger partial charge in [0.1, 0.15) is 18.1 Å². The van der Waals surface area contributed by atoms with Gasteiger partial charge in [-0.05, 0) is 51.2 Å². The fourth-order valence-electron chi connectivity index (χ4n) is 4.87. The molecule has 0 aromatic heterocycles. The highest BCUT2D eigenvalue weighted by molar-refractivity contribution is 5.98. The Hall–Kier alpha value is -3.20. The summed E-state index contributed by atoms with van der Waals surface area (Å²) in [5, 5.41) is 5.73. The molecule has 3 heterocycles. The van der Waals surface area contributed by atoms with Crippen molar-refractivity contribution in [3.63, 3.8) is 0 Å². The third-order valence-electron chi connectivity index (χ3n) is 6.51. The molecular formula is C25H31N3O6. The first-order valence-corrected chi connectivity index (χ1v) is 11.9. The van der Waals surface area contributed by atoms with E-state index >= 15 is 0 Å². The quantitative estimate of drug-likeness (QED) is 0.484. The molecule has 0 bridgehead atoms. The van der Waals surface area contributed by atoms with Crippen molar-refractivity contribution >= 4 is 23.7 Å². The molecule has 2 N–H and O–H groups in total. The van der Waals surface area contributed by atoms with Gasteiger partial charge in [0, 0.05) is 18.2 Å². The number of carbonyl (C=O) groups excluding carboxylic acids is 4. The average molecular weight is 470 g/mol. The molecule has 1 aromatic carbocycles. The molecule has 3 amide bonds. The van der Waals surface area contributed by atoms with Gasteiger partial charge < -0.3 is 25.0 Å². The number of amides is 3. The van der Waals surface area contributed by atoms with E-state index in [0.717, 1.165) is 12.8 Å². The van der Waals surface area contributed by atoms with E-state index in [0.29, 0.717) is 31.4 Å². The van der Waals surface area contributed by atoms with Crippen molar-refractivity contribution in [1.82, 2.24) is 15.5 Å². The summed E-state index contributed by atoms with van der Waals surface area (Å²) in [6.45, 7) is 2.13. The second-order valence-electron chi connectivity index (χ2n) is 8.81. The van der Waals surface area contributed by atoms with Crippen LogP contribution in [-0.4, -0.2) is 65.7 Å². The molecule has 0 radical (unpaired) electrons. The van der Waals surface area contributed by atoms with Gasteiger partial charge in [-0.25, -0.2) is 0 Å². The molecule has 2 fully saturated rings. The molecule has 0 saturated carbocycles. The fraction of sp³-hybridized carbons (Fsp3) is 0.520. The number of hydrogen-bond donors (Lipinski definition) is 2. The number of esters is 1. The van der Waals surface area contributed by atoms with Crippen LogP contribution in [0, 0.1) is 0 Å². The number of fused-ring (bicyclic) bond motifs is 1. The highest BCUT2D eigenvalue weighted by Crippen LogP contribution is 2.29. The van der Waals surface area contributed by atoms with E-state index in [9.17, 15) is 19.2 Å². The van der Waals surface area contributed by atoms with Crippen molar-refractivity contribution in [2.75, 3.05) is 6.61 Å². The Morgan fingerprint density at radius 3 is 2.62 bits per heavy atom. The second-order valence-corrected chi connectivity index (χ2v) is 8.81. The van der Waals surface area contributed by atoms with Crippen LogP contribution < -0.4 is 10.6 Å².